The Balaban J connectivity index is 2.37. The van der Waals surface area contributed by atoms with Gasteiger partial charge >= 0.3 is 0 Å². The van der Waals surface area contributed by atoms with Crippen LogP contribution in [0.3, 0.4) is 0 Å². The third kappa shape index (κ3) is 2.31. The van der Waals surface area contributed by atoms with Crippen LogP contribution in [0, 0.1) is 0 Å². The van der Waals surface area contributed by atoms with Crippen molar-refractivity contribution < 1.29 is 0 Å². The van der Waals surface area contributed by atoms with Crippen LogP contribution < -0.4 is 4.90 Å². The molecule has 0 spiro atoms. The lowest BCUT2D eigenvalue weighted by Crippen LogP contribution is -2.17. The van der Waals surface area contributed by atoms with Crippen LogP contribution in [0.25, 0.3) is 0 Å². The predicted octanol–water partition coefficient (Wildman–Crippen LogP) is 3.29. The van der Waals surface area contributed by atoms with E-state index in [9.17, 15) is 0 Å². The Labute approximate surface area is 99.7 Å². The van der Waals surface area contributed by atoms with Crippen molar-refractivity contribution in [3.05, 3.63) is 47.9 Å². The van der Waals surface area contributed by atoms with E-state index in [1.54, 1.807) is 6.07 Å². The molecular formula is C12H12ClN3. The van der Waals surface area contributed by atoms with Crippen molar-refractivity contribution in [2.24, 2.45) is 0 Å². The summed E-state index contributed by atoms with van der Waals surface area (Å²) in [5.41, 5.74) is 1.10. The van der Waals surface area contributed by atoms with Crippen LogP contribution in [-0.2, 0) is 0 Å². The van der Waals surface area contributed by atoms with Crippen molar-refractivity contribution in [1.29, 1.82) is 0 Å². The standard InChI is InChI=1S/C12H12ClN3/c1-2-16(10-6-4-3-5-7-10)12-8-11(13)14-9-15-12/h3-9H,2H2,1H3. The number of anilines is 2. The van der Waals surface area contributed by atoms with Crippen molar-refractivity contribution in [3.8, 4) is 0 Å². The van der Waals surface area contributed by atoms with E-state index in [4.69, 9.17) is 11.6 Å². The highest BCUT2D eigenvalue weighted by Gasteiger charge is 2.08. The summed E-state index contributed by atoms with van der Waals surface area (Å²) >= 11 is 5.86. The fourth-order valence-corrected chi connectivity index (χ4v) is 1.70. The molecule has 16 heavy (non-hydrogen) atoms. The van der Waals surface area contributed by atoms with Crippen molar-refractivity contribution >= 4 is 23.1 Å². The van der Waals surface area contributed by atoms with Gasteiger partial charge in [0.25, 0.3) is 0 Å². The fraction of sp³-hybridized carbons (Fsp3) is 0.167. The molecule has 1 aromatic heterocycles. The summed E-state index contributed by atoms with van der Waals surface area (Å²) in [6.07, 6.45) is 1.48. The molecule has 0 saturated carbocycles. The first-order chi connectivity index (χ1) is 7.81. The van der Waals surface area contributed by atoms with Crippen LogP contribution in [-0.4, -0.2) is 16.5 Å². The Kier molecular flexibility index (Phi) is 3.37. The smallest absolute Gasteiger partial charge is 0.137 e. The third-order valence-electron chi connectivity index (χ3n) is 2.28. The molecule has 0 fully saturated rings. The van der Waals surface area contributed by atoms with Gasteiger partial charge in [0.05, 0.1) is 0 Å². The molecule has 2 rings (SSSR count). The van der Waals surface area contributed by atoms with Gasteiger partial charge in [-0.25, -0.2) is 9.97 Å². The molecule has 0 aliphatic carbocycles. The van der Waals surface area contributed by atoms with Gasteiger partial charge in [-0.15, -0.1) is 0 Å². The molecule has 1 aromatic carbocycles. The number of rotatable bonds is 3. The topological polar surface area (TPSA) is 29.0 Å². The Morgan fingerprint density at radius 1 is 1.19 bits per heavy atom. The Bertz CT molecular complexity index is 459. The van der Waals surface area contributed by atoms with Gasteiger partial charge in [-0.3, -0.25) is 0 Å². The molecule has 4 heteroatoms. The molecule has 0 N–H and O–H groups in total. The highest BCUT2D eigenvalue weighted by atomic mass is 35.5. The van der Waals surface area contributed by atoms with E-state index in [0.717, 1.165) is 18.1 Å². The zero-order valence-electron chi connectivity index (χ0n) is 8.97. The van der Waals surface area contributed by atoms with Crippen LogP contribution >= 0.6 is 11.6 Å². The molecule has 82 valence electrons. The fourth-order valence-electron chi connectivity index (χ4n) is 1.56. The molecule has 0 aliphatic rings. The Morgan fingerprint density at radius 3 is 2.56 bits per heavy atom. The van der Waals surface area contributed by atoms with Gasteiger partial charge in [0, 0.05) is 18.3 Å². The minimum absolute atomic E-state index is 0.458. The highest BCUT2D eigenvalue weighted by molar-refractivity contribution is 6.29. The molecule has 0 bridgehead atoms. The molecule has 2 aromatic rings. The summed E-state index contributed by atoms with van der Waals surface area (Å²) in [6, 6.07) is 11.8. The number of hydrogen-bond acceptors (Lipinski definition) is 3. The van der Waals surface area contributed by atoms with Gasteiger partial charge in [-0.05, 0) is 19.1 Å². The van der Waals surface area contributed by atoms with Crippen molar-refractivity contribution in [3.63, 3.8) is 0 Å². The number of aromatic nitrogens is 2. The minimum Gasteiger partial charge on any atom is -0.327 e. The van der Waals surface area contributed by atoms with Gasteiger partial charge < -0.3 is 4.90 Å². The number of nitrogens with zero attached hydrogens (tertiary/aromatic N) is 3. The van der Waals surface area contributed by atoms with E-state index < -0.39 is 0 Å². The summed E-state index contributed by atoms with van der Waals surface area (Å²) in [5, 5.41) is 0.458. The molecular weight excluding hydrogens is 222 g/mol. The van der Waals surface area contributed by atoms with E-state index in [1.807, 2.05) is 30.3 Å². The van der Waals surface area contributed by atoms with Gasteiger partial charge in [-0.1, -0.05) is 29.8 Å². The normalized spacial score (nSPS) is 10.1. The minimum atomic E-state index is 0.458. The number of halogens is 1. The zero-order chi connectivity index (χ0) is 11.4. The van der Waals surface area contributed by atoms with Crippen molar-refractivity contribution in [2.75, 3.05) is 11.4 Å². The van der Waals surface area contributed by atoms with E-state index in [2.05, 4.69) is 21.8 Å². The lowest BCUT2D eigenvalue weighted by atomic mass is 10.3. The quantitative estimate of drug-likeness (QED) is 0.762. The first-order valence-corrected chi connectivity index (χ1v) is 5.49. The van der Waals surface area contributed by atoms with Crippen molar-refractivity contribution in [2.45, 2.75) is 6.92 Å². The molecule has 0 atom stereocenters. The molecule has 0 unspecified atom stereocenters. The second-order valence-electron chi connectivity index (χ2n) is 3.28. The van der Waals surface area contributed by atoms with E-state index >= 15 is 0 Å². The van der Waals surface area contributed by atoms with Crippen LogP contribution in [0.4, 0.5) is 11.5 Å². The van der Waals surface area contributed by atoms with Crippen LogP contribution in [0.5, 0.6) is 0 Å². The molecule has 0 saturated heterocycles. The average Bonchev–Trinajstić information content (AvgIpc) is 2.31. The molecule has 1 heterocycles. The highest BCUT2D eigenvalue weighted by Crippen LogP contribution is 2.23. The van der Waals surface area contributed by atoms with E-state index in [-0.39, 0.29) is 0 Å². The summed E-state index contributed by atoms with van der Waals surface area (Å²) < 4.78 is 0. The third-order valence-corrected chi connectivity index (χ3v) is 2.49. The Morgan fingerprint density at radius 2 is 1.94 bits per heavy atom. The average molecular weight is 234 g/mol. The zero-order valence-corrected chi connectivity index (χ0v) is 9.72. The second kappa shape index (κ2) is 4.94. The Hall–Kier alpha value is -1.61. The molecule has 3 nitrogen and oxygen atoms in total. The summed E-state index contributed by atoms with van der Waals surface area (Å²) in [5.74, 6) is 0.814. The summed E-state index contributed by atoms with van der Waals surface area (Å²) in [7, 11) is 0. The SMILES string of the molecule is CCN(c1ccccc1)c1cc(Cl)ncn1. The first-order valence-electron chi connectivity index (χ1n) is 5.11. The number of hydrogen-bond donors (Lipinski definition) is 0. The largest absolute Gasteiger partial charge is 0.327 e. The maximum atomic E-state index is 5.86. The predicted molar refractivity (Wildman–Crippen MR) is 66.2 cm³/mol. The number of para-hydroxylation sites is 1. The second-order valence-corrected chi connectivity index (χ2v) is 3.67. The number of benzene rings is 1. The van der Waals surface area contributed by atoms with Gasteiger partial charge in [-0.2, -0.15) is 0 Å². The van der Waals surface area contributed by atoms with Gasteiger partial charge in [0.1, 0.15) is 17.3 Å². The maximum Gasteiger partial charge on any atom is 0.137 e. The van der Waals surface area contributed by atoms with Gasteiger partial charge in [0.15, 0.2) is 0 Å². The van der Waals surface area contributed by atoms with Crippen LogP contribution in [0.1, 0.15) is 6.92 Å². The molecule has 0 aliphatic heterocycles. The monoisotopic (exact) mass is 233 g/mol. The van der Waals surface area contributed by atoms with E-state index in [1.165, 1.54) is 6.33 Å². The lowest BCUT2D eigenvalue weighted by Gasteiger charge is -2.21. The maximum absolute atomic E-state index is 5.86. The van der Waals surface area contributed by atoms with Crippen LogP contribution in [0.15, 0.2) is 42.7 Å². The lowest BCUT2D eigenvalue weighted by molar-refractivity contribution is 0.976. The van der Waals surface area contributed by atoms with Crippen molar-refractivity contribution in [1.82, 2.24) is 9.97 Å². The van der Waals surface area contributed by atoms with Crippen LogP contribution in [0.2, 0.25) is 5.15 Å². The molecule has 0 radical (unpaired) electrons. The summed E-state index contributed by atoms with van der Waals surface area (Å²) in [4.78, 5) is 10.2. The molecule has 0 amide bonds. The first kappa shape index (κ1) is 10.9. The van der Waals surface area contributed by atoms with E-state index in [0.29, 0.717) is 5.15 Å². The summed E-state index contributed by atoms with van der Waals surface area (Å²) in [6.45, 7) is 2.90. The van der Waals surface area contributed by atoms with Gasteiger partial charge in [0.2, 0.25) is 0 Å².